The number of methoxy groups -OCH3 is 1. The number of allylic oxidation sites excluding steroid dienone is 2. The van der Waals surface area contributed by atoms with Gasteiger partial charge in [-0.1, -0.05) is 6.07 Å². The fourth-order valence-electron chi connectivity index (χ4n) is 2.94. The van der Waals surface area contributed by atoms with Gasteiger partial charge in [-0.3, -0.25) is 4.98 Å². The Hall–Kier alpha value is -2.63. The number of aliphatic carboxylic acids is 1. The quantitative estimate of drug-likeness (QED) is 0.808. The number of carboxylic acid groups (broad SMARTS) is 1. The zero-order valence-electron chi connectivity index (χ0n) is 13.4. The Morgan fingerprint density at radius 2 is 2.00 bits per heavy atom. The summed E-state index contributed by atoms with van der Waals surface area (Å²) in [5.74, 6) is -2.04. The van der Waals surface area contributed by atoms with E-state index in [2.05, 4.69) is 10.3 Å². The van der Waals surface area contributed by atoms with Crippen LogP contribution in [0.4, 0.5) is 0 Å². The number of dihydropyridines is 1. The molecule has 1 aliphatic rings. The maximum atomic E-state index is 12.1. The van der Waals surface area contributed by atoms with Crippen LogP contribution in [0.1, 0.15) is 25.8 Å². The predicted molar refractivity (Wildman–Crippen MR) is 84.2 cm³/mol. The maximum absolute atomic E-state index is 12.1. The number of aryl methyl sites for hydroxylation is 1. The third-order valence-corrected chi connectivity index (χ3v) is 3.96. The lowest BCUT2D eigenvalue weighted by atomic mass is 9.81. The van der Waals surface area contributed by atoms with Crippen LogP contribution < -0.4 is 5.32 Å². The van der Waals surface area contributed by atoms with Crippen molar-refractivity contribution in [2.24, 2.45) is 5.92 Å². The maximum Gasteiger partial charge on any atom is 0.336 e. The second-order valence-corrected chi connectivity index (χ2v) is 5.45. The molecule has 0 bridgehead atoms. The highest BCUT2D eigenvalue weighted by atomic mass is 16.5. The third kappa shape index (κ3) is 3.59. The highest BCUT2D eigenvalue weighted by Gasteiger charge is 2.35. The second-order valence-electron chi connectivity index (χ2n) is 5.45. The fourth-order valence-corrected chi connectivity index (χ4v) is 2.94. The number of carboxylic acids is 1. The summed E-state index contributed by atoms with van der Waals surface area (Å²) >= 11 is 0. The molecule has 1 unspecified atom stereocenters. The molecule has 23 heavy (non-hydrogen) atoms. The van der Waals surface area contributed by atoms with Crippen LogP contribution in [-0.4, -0.2) is 29.1 Å². The Morgan fingerprint density at radius 3 is 2.57 bits per heavy atom. The number of ether oxygens (including phenoxy) is 1. The highest BCUT2D eigenvalue weighted by Crippen LogP contribution is 2.33. The summed E-state index contributed by atoms with van der Waals surface area (Å²) in [4.78, 5) is 27.8. The largest absolute Gasteiger partial charge is 0.478 e. The summed E-state index contributed by atoms with van der Waals surface area (Å²) in [7, 11) is 1.30. The number of nitrogens with zero attached hydrogens (tertiary/aromatic N) is 1. The van der Waals surface area contributed by atoms with E-state index in [1.54, 1.807) is 26.2 Å². The average molecular weight is 316 g/mol. The van der Waals surface area contributed by atoms with Crippen molar-refractivity contribution >= 4 is 11.9 Å². The summed E-state index contributed by atoms with van der Waals surface area (Å²) in [6.07, 6.45) is 4.54. The number of hydrogen-bond donors (Lipinski definition) is 2. The lowest BCUT2D eigenvalue weighted by Crippen LogP contribution is -2.33. The van der Waals surface area contributed by atoms with E-state index in [-0.39, 0.29) is 5.57 Å². The van der Waals surface area contributed by atoms with Gasteiger partial charge in [0, 0.05) is 29.7 Å². The van der Waals surface area contributed by atoms with Crippen LogP contribution in [0.5, 0.6) is 0 Å². The molecule has 6 nitrogen and oxygen atoms in total. The molecule has 1 aliphatic heterocycles. The molecule has 0 aromatic carbocycles. The van der Waals surface area contributed by atoms with E-state index in [1.807, 2.05) is 12.1 Å². The smallest absolute Gasteiger partial charge is 0.336 e. The van der Waals surface area contributed by atoms with E-state index in [9.17, 15) is 14.7 Å². The van der Waals surface area contributed by atoms with Crippen LogP contribution in [0.25, 0.3) is 0 Å². The number of pyridine rings is 1. The van der Waals surface area contributed by atoms with Crippen molar-refractivity contribution in [3.63, 3.8) is 0 Å². The number of carbonyl (C=O) groups is 2. The van der Waals surface area contributed by atoms with Gasteiger partial charge in [-0.2, -0.15) is 0 Å². The Morgan fingerprint density at radius 1 is 1.30 bits per heavy atom. The van der Waals surface area contributed by atoms with E-state index in [4.69, 9.17) is 4.74 Å². The molecule has 122 valence electrons. The van der Waals surface area contributed by atoms with Gasteiger partial charge in [-0.05, 0) is 38.3 Å². The van der Waals surface area contributed by atoms with E-state index in [1.165, 1.54) is 7.11 Å². The molecule has 0 amide bonds. The first-order valence-electron chi connectivity index (χ1n) is 7.34. The lowest BCUT2D eigenvalue weighted by Gasteiger charge is -2.29. The minimum absolute atomic E-state index is 0.208. The molecule has 0 fully saturated rings. The summed E-state index contributed by atoms with van der Waals surface area (Å²) in [6.45, 7) is 3.46. The number of aromatic nitrogens is 1. The molecule has 0 spiro atoms. The summed E-state index contributed by atoms with van der Waals surface area (Å²) in [6, 6.07) is 3.76. The number of rotatable bonds is 5. The standard InChI is InChI=1S/C17H20N2O4/c1-10-14(16(20)21)13(7-6-12-5-4-8-18-9-12)15(11(2)19-10)17(22)23-3/h4-5,8-9,13,19H,6-7H2,1-3H3,(H,20,21). The van der Waals surface area contributed by atoms with Gasteiger partial charge in [0.25, 0.3) is 0 Å². The topological polar surface area (TPSA) is 88.5 Å². The van der Waals surface area contributed by atoms with Crippen molar-refractivity contribution in [3.8, 4) is 0 Å². The predicted octanol–water partition coefficient (Wildman–Crippen LogP) is 2.04. The first-order valence-corrected chi connectivity index (χ1v) is 7.34. The molecule has 2 rings (SSSR count). The number of carbonyl (C=O) groups excluding carboxylic acids is 1. The van der Waals surface area contributed by atoms with Crippen molar-refractivity contribution < 1.29 is 19.4 Å². The van der Waals surface area contributed by atoms with Crippen molar-refractivity contribution in [3.05, 3.63) is 52.6 Å². The number of hydrogen-bond acceptors (Lipinski definition) is 5. The van der Waals surface area contributed by atoms with Crippen molar-refractivity contribution in [2.45, 2.75) is 26.7 Å². The first kappa shape index (κ1) is 16.7. The van der Waals surface area contributed by atoms with Gasteiger partial charge in [0.2, 0.25) is 0 Å². The molecular formula is C17H20N2O4. The molecule has 1 aromatic heterocycles. The number of nitrogens with one attached hydrogen (secondary N) is 1. The van der Waals surface area contributed by atoms with Crippen LogP contribution in [0, 0.1) is 5.92 Å². The zero-order valence-corrected chi connectivity index (χ0v) is 13.4. The SMILES string of the molecule is COC(=O)C1=C(C)NC(C)=C(C(=O)O)C1CCc1cccnc1. The molecule has 0 aliphatic carbocycles. The average Bonchev–Trinajstić information content (AvgIpc) is 2.52. The molecule has 2 N–H and O–H groups in total. The molecule has 1 aromatic rings. The molecule has 6 heteroatoms. The summed E-state index contributed by atoms with van der Waals surface area (Å²) < 4.78 is 4.84. The van der Waals surface area contributed by atoms with Gasteiger partial charge in [-0.25, -0.2) is 9.59 Å². The van der Waals surface area contributed by atoms with Gasteiger partial charge in [-0.15, -0.1) is 0 Å². The van der Waals surface area contributed by atoms with Crippen LogP contribution >= 0.6 is 0 Å². The monoisotopic (exact) mass is 316 g/mol. The minimum atomic E-state index is -1.03. The third-order valence-electron chi connectivity index (χ3n) is 3.96. The van der Waals surface area contributed by atoms with Gasteiger partial charge < -0.3 is 15.2 Å². The van der Waals surface area contributed by atoms with E-state index in [0.29, 0.717) is 29.8 Å². The molecular weight excluding hydrogens is 296 g/mol. The minimum Gasteiger partial charge on any atom is -0.478 e. The molecule has 0 radical (unpaired) electrons. The molecule has 2 heterocycles. The zero-order chi connectivity index (χ0) is 17.0. The lowest BCUT2D eigenvalue weighted by molar-refractivity contribution is -0.137. The van der Waals surface area contributed by atoms with Crippen LogP contribution in [0.2, 0.25) is 0 Å². The van der Waals surface area contributed by atoms with Gasteiger partial charge in [0.15, 0.2) is 0 Å². The van der Waals surface area contributed by atoms with Crippen LogP contribution in [0.3, 0.4) is 0 Å². The van der Waals surface area contributed by atoms with Gasteiger partial charge >= 0.3 is 11.9 Å². The van der Waals surface area contributed by atoms with Crippen molar-refractivity contribution in [1.29, 1.82) is 0 Å². The fraction of sp³-hybridized carbons (Fsp3) is 0.353. The normalized spacial score (nSPS) is 17.8. The van der Waals surface area contributed by atoms with Crippen LogP contribution in [0.15, 0.2) is 47.1 Å². The highest BCUT2D eigenvalue weighted by molar-refractivity contribution is 5.97. The van der Waals surface area contributed by atoms with E-state index < -0.39 is 17.9 Å². The van der Waals surface area contributed by atoms with Gasteiger partial charge in [0.1, 0.15) is 0 Å². The Balaban J connectivity index is 2.35. The van der Waals surface area contributed by atoms with Crippen LogP contribution in [-0.2, 0) is 20.7 Å². The number of esters is 1. The van der Waals surface area contributed by atoms with E-state index >= 15 is 0 Å². The van der Waals surface area contributed by atoms with Crippen molar-refractivity contribution in [1.82, 2.24) is 10.3 Å². The Labute approximate surface area is 134 Å². The second kappa shape index (κ2) is 7.09. The van der Waals surface area contributed by atoms with Gasteiger partial charge in [0.05, 0.1) is 18.3 Å². The first-order chi connectivity index (χ1) is 11.0. The van der Waals surface area contributed by atoms with E-state index in [0.717, 1.165) is 5.56 Å². The Bertz CT molecular complexity index is 677. The summed E-state index contributed by atoms with van der Waals surface area (Å²) in [5.41, 5.74) is 2.77. The molecule has 0 saturated carbocycles. The molecule has 0 saturated heterocycles. The van der Waals surface area contributed by atoms with Crippen molar-refractivity contribution in [2.75, 3.05) is 7.11 Å². The summed E-state index contributed by atoms with van der Waals surface area (Å²) in [5, 5.41) is 12.5. The Kier molecular flexibility index (Phi) is 5.16. The molecule has 1 atom stereocenters.